The first-order valence-corrected chi connectivity index (χ1v) is 22.0. The van der Waals surface area contributed by atoms with Crippen LogP contribution in [-0.2, 0) is 26.2 Å². The van der Waals surface area contributed by atoms with Crippen LogP contribution in [0.25, 0.3) is 32.8 Å². The molecular weight excluding hydrogens is 836 g/mol. The fourth-order valence-electron chi connectivity index (χ4n) is 10.7. The van der Waals surface area contributed by atoms with E-state index in [2.05, 4.69) is 0 Å². The van der Waals surface area contributed by atoms with Crippen molar-refractivity contribution in [3.8, 4) is 27.8 Å². The van der Waals surface area contributed by atoms with Crippen molar-refractivity contribution in [3.05, 3.63) is 130 Å². The maximum Gasteiger partial charge on any atom is 0.242 e. The van der Waals surface area contributed by atoms with E-state index in [0.717, 1.165) is 37.2 Å². The minimum absolute atomic E-state index is 0.0116. The number of aryl methyl sites for hydroxylation is 2. The van der Waals surface area contributed by atoms with Gasteiger partial charge in [-0.2, -0.15) is 5.10 Å². The zero-order valence-electron chi connectivity index (χ0n) is 35.2. The second-order valence-corrected chi connectivity index (χ2v) is 18.5. The number of hydrogen-bond donors (Lipinski definition) is 1. The number of nitrogens with zero attached hydrogens (tertiary/aromatic N) is 4. The summed E-state index contributed by atoms with van der Waals surface area (Å²) in [6.45, 7) is 3.81. The van der Waals surface area contributed by atoms with Crippen molar-refractivity contribution < 1.29 is 33.8 Å². The van der Waals surface area contributed by atoms with E-state index in [4.69, 9.17) is 26.2 Å². The van der Waals surface area contributed by atoms with Crippen LogP contribution >= 0.6 is 22.9 Å². The average Bonchev–Trinajstić information content (AvgIpc) is 3.96. The number of hydrogen-bond acceptors (Lipinski definition) is 9. The number of amides is 4. The highest BCUT2D eigenvalue weighted by Crippen LogP contribution is 2.64. The molecule has 318 valence electrons. The number of thiophene rings is 1. The number of phenolic OH excluding ortho intramolecular Hbond substituents is 1. The van der Waals surface area contributed by atoms with Gasteiger partial charge in [0.1, 0.15) is 28.8 Å². The molecule has 1 N–H and O–H groups in total. The molecular formula is C50H43ClN4O7S. The van der Waals surface area contributed by atoms with E-state index in [-0.39, 0.29) is 30.4 Å². The molecule has 0 radical (unpaired) electrons. The van der Waals surface area contributed by atoms with Crippen LogP contribution in [0.15, 0.2) is 103 Å². The number of carbonyl (C=O) groups is 4. The average molecular weight is 879 g/mol. The lowest BCUT2D eigenvalue weighted by atomic mass is 9.51. The molecule has 10 rings (SSSR count). The van der Waals surface area contributed by atoms with Gasteiger partial charge in [-0.3, -0.25) is 28.8 Å². The van der Waals surface area contributed by atoms with Gasteiger partial charge in [-0.25, -0.2) is 4.90 Å². The highest BCUT2D eigenvalue weighted by Gasteiger charge is 2.68. The van der Waals surface area contributed by atoms with E-state index in [9.17, 15) is 19.5 Å². The molecule has 4 amide bonds. The number of phenols is 1. The van der Waals surface area contributed by atoms with Gasteiger partial charge in [-0.1, -0.05) is 65.7 Å². The Labute approximate surface area is 372 Å². The summed E-state index contributed by atoms with van der Waals surface area (Å²) in [4.78, 5) is 62.7. The van der Waals surface area contributed by atoms with Crippen molar-refractivity contribution in [3.63, 3.8) is 0 Å². The molecule has 4 heterocycles. The second-order valence-electron chi connectivity index (χ2n) is 17.0. The predicted octanol–water partition coefficient (Wildman–Crippen LogP) is 9.59. The number of aromatic hydroxyl groups is 1. The number of benzene rings is 4. The van der Waals surface area contributed by atoms with Gasteiger partial charge in [0.25, 0.3) is 0 Å². The molecule has 4 aliphatic rings. The third-order valence-corrected chi connectivity index (χ3v) is 15.3. The van der Waals surface area contributed by atoms with Gasteiger partial charge < -0.3 is 14.6 Å². The van der Waals surface area contributed by atoms with E-state index < -0.39 is 46.8 Å². The number of aromatic nitrogens is 2. The number of para-hydroxylation sites is 1. The van der Waals surface area contributed by atoms with Crippen molar-refractivity contribution in [2.45, 2.75) is 32.6 Å². The molecule has 6 atom stereocenters. The lowest BCUT2D eigenvalue weighted by Gasteiger charge is -2.49. The molecule has 63 heavy (non-hydrogen) atoms. The molecule has 0 spiro atoms. The van der Waals surface area contributed by atoms with E-state index in [0.29, 0.717) is 39.3 Å². The van der Waals surface area contributed by atoms with Gasteiger partial charge in [0.2, 0.25) is 23.6 Å². The van der Waals surface area contributed by atoms with Crippen molar-refractivity contribution in [2.24, 2.45) is 36.1 Å². The topological polar surface area (TPSA) is 131 Å². The molecule has 2 aliphatic carbocycles. The van der Waals surface area contributed by atoms with Crippen LogP contribution in [0.3, 0.4) is 0 Å². The van der Waals surface area contributed by atoms with E-state index >= 15 is 4.79 Å². The third kappa shape index (κ3) is 6.17. The summed E-state index contributed by atoms with van der Waals surface area (Å²) in [5, 5.41) is 17.9. The molecule has 6 aromatic rings. The summed E-state index contributed by atoms with van der Waals surface area (Å²) in [5.41, 5.74) is 3.71. The highest BCUT2D eigenvalue weighted by molar-refractivity contribution is 7.22. The van der Waals surface area contributed by atoms with Gasteiger partial charge >= 0.3 is 0 Å². The zero-order valence-corrected chi connectivity index (χ0v) is 36.7. The number of halogens is 1. The minimum atomic E-state index is -1.33. The van der Waals surface area contributed by atoms with Crippen LogP contribution < -0.4 is 19.3 Å². The van der Waals surface area contributed by atoms with E-state index in [1.807, 2.05) is 80.6 Å². The van der Waals surface area contributed by atoms with Crippen LogP contribution in [0.1, 0.15) is 47.9 Å². The highest BCUT2D eigenvalue weighted by atomic mass is 35.5. The maximum atomic E-state index is 15.2. The standard InChI is InChI=1S/C50H43ClN4O7S/c1-26-35-23-29(51)14-21-41(35)63-45(26)38-25-42(53(3)52-38)55-47(58)37-24-36-32(44(50(37,2)49(55)60)33-8-6-7-9-39(33)56)18-19-34-43(36)48(59)54(46(34)57)30-15-11-27(12-16-30)10-13-28-22-31(61-4)17-20-40(28)62-5/h6-18,20-23,25,34,36-37,43-44,56H,19,24H2,1-5H3/t34-,36+,37-,43-,44+,50+/m0/s1. The molecule has 2 aromatic heterocycles. The van der Waals surface area contributed by atoms with Crippen LogP contribution in [-0.4, -0.2) is 52.7 Å². The molecule has 2 aliphatic heterocycles. The molecule has 11 nitrogen and oxygen atoms in total. The number of ether oxygens (including phenoxy) is 2. The van der Waals surface area contributed by atoms with Gasteiger partial charge in [-0.05, 0) is 104 Å². The lowest BCUT2D eigenvalue weighted by molar-refractivity contribution is -0.131. The monoisotopic (exact) mass is 878 g/mol. The van der Waals surface area contributed by atoms with Crippen LogP contribution in [0, 0.1) is 36.0 Å². The Balaban J connectivity index is 0.988. The molecule has 0 bridgehead atoms. The number of carbonyl (C=O) groups excluding carboxylic acids is 4. The van der Waals surface area contributed by atoms with Crippen LogP contribution in [0.5, 0.6) is 17.2 Å². The Hall–Kier alpha value is -6.50. The first-order chi connectivity index (χ1) is 30.3. The Morgan fingerprint density at radius 3 is 2.40 bits per heavy atom. The molecule has 0 unspecified atom stereocenters. The molecule has 13 heteroatoms. The Bertz CT molecular complexity index is 2990. The second kappa shape index (κ2) is 15.1. The molecule has 4 aromatic carbocycles. The zero-order chi connectivity index (χ0) is 44.1. The summed E-state index contributed by atoms with van der Waals surface area (Å²) in [7, 11) is 4.93. The summed E-state index contributed by atoms with van der Waals surface area (Å²) in [6, 6.07) is 27.2. The number of rotatable bonds is 8. The SMILES string of the molecule is COc1ccc(OC)c(C=Cc2ccc(N3C(=O)[C@H]4[C@H](CC=C5[C@H]4C[C@H]4C(=O)N(c6cc(-c7sc8ccc(Cl)cc8c7C)nn6C)C(=O)[C@@]4(C)[C@H]5c4ccccc4O)C3=O)cc2)c1. The van der Waals surface area contributed by atoms with Gasteiger partial charge in [0, 0.05) is 39.9 Å². The largest absolute Gasteiger partial charge is 0.508 e. The predicted molar refractivity (Wildman–Crippen MR) is 244 cm³/mol. The lowest BCUT2D eigenvalue weighted by Crippen LogP contribution is -2.49. The first-order valence-electron chi connectivity index (χ1n) is 20.8. The summed E-state index contributed by atoms with van der Waals surface area (Å²) < 4.78 is 13.5. The smallest absolute Gasteiger partial charge is 0.242 e. The third-order valence-electron chi connectivity index (χ3n) is 13.8. The van der Waals surface area contributed by atoms with Crippen LogP contribution in [0.2, 0.25) is 5.02 Å². The Morgan fingerprint density at radius 2 is 1.65 bits per heavy atom. The van der Waals surface area contributed by atoms with Gasteiger partial charge in [0.05, 0.1) is 48.0 Å². The summed E-state index contributed by atoms with van der Waals surface area (Å²) >= 11 is 7.90. The van der Waals surface area contributed by atoms with Crippen molar-refractivity contribution >= 4 is 80.3 Å². The first kappa shape index (κ1) is 40.6. The molecule has 2 saturated heterocycles. The van der Waals surface area contributed by atoms with Crippen molar-refractivity contribution in [2.75, 3.05) is 24.0 Å². The number of methoxy groups -OCH3 is 2. The summed E-state index contributed by atoms with van der Waals surface area (Å²) in [6.07, 6.45) is 6.27. The quantitative estimate of drug-likeness (QED) is 0.0909. The summed E-state index contributed by atoms with van der Waals surface area (Å²) in [5.74, 6) is -3.32. The fourth-order valence-corrected chi connectivity index (χ4v) is 12.0. The van der Waals surface area contributed by atoms with E-state index in [1.165, 1.54) is 9.80 Å². The van der Waals surface area contributed by atoms with Gasteiger partial charge in [-0.15, -0.1) is 11.3 Å². The molecule has 1 saturated carbocycles. The minimum Gasteiger partial charge on any atom is -0.508 e. The number of anilines is 2. The maximum absolute atomic E-state index is 15.2. The molecule has 3 fully saturated rings. The van der Waals surface area contributed by atoms with Crippen molar-refractivity contribution in [1.29, 1.82) is 0 Å². The fraction of sp³-hybridized carbons (Fsp3) is 0.260. The van der Waals surface area contributed by atoms with Gasteiger partial charge in [0.15, 0.2) is 0 Å². The van der Waals surface area contributed by atoms with Crippen LogP contribution in [0.4, 0.5) is 11.5 Å². The number of allylic oxidation sites excluding steroid dienone is 2. The van der Waals surface area contributed by atoms with Crippen molar-refractivity contribution in [1.82, 2.24) is 9.78 Å². The normalized spacial score (nSPS) is 24.3. The Morgan fingerprint density at radius 1 is 0.873 bits per heavy atom. The Kier molecular flexibility index (Phi) is 9.72. The van der Waals surface area contributed by atoms with E-state index in [1.54, 1.807) is 79.8 Å². The number of fused-ring (bicyclic) bond motifs is 5. The number of imide groups is 2.